The van der Waals surface area contributed by atoms with Crippen LogP contribution >= 0.6 is 0 Å². The molecule has 0 aliphatic rings. The van der Waals surface area contributed by atoms with E-state index < -0.39 is 6.36 Å². The summed E-state index contributed by atoms with van der Waals surface area (Å²) in [5.74, 6) is 0. The van der Waals surface area contributed by atoms with Crippen molar-refractivity contribution in [3.8, 4) is 0 Å². The molecule has 0 saturated heterocycles. The molecular weight excluding hydrogens is 83.0 g/mol. The van der Waals surface area contributed by atoms with Crippen molar-refractivity contribution in [2.75, 3.05) is 0 Å². The molecule has 6 heavy (non-hydrogen) atoms. The van der Waals surface area contributed by atoms with Crippen molar-refractivity contribution >= 4 is 0 Å². The summed E-state index contributed by atoms with van der Waals surface area (Å²) in [6.07, 6.45) is -0.111. The van der Waals surface area contributed by atoms with Crippen molar-refractivity contribution in [3.05, 3.63) is 6.36 Å². The average Bonchev–Trinajstić information content (AvgIpc) is 1.35. The van der Waals surface area contributed by atoms with E-state index in [1.807, 2.05) is 0 Å². The monoisotopic (exact) mass is 91.1 g/mol. The van der Waals surface area contributed by atoms with Gasteiger partial charge in [-0.05, 0) is 0 Å². The lowest BCUT2D eigenvalue weighted by Crippen LogP contribution is -1.81. The van der Waals surface area contributed by atoms with E-state index in [9.17, 15) is 4.39 Å². The van der Waals surface area contributed by atoms with E-state index in [0.29, 0.717) is 6.42 Å². The number of aliphatic hydroxyl groups is 1. The van der Waals surface area contributed by atoms with E-state index >= 15 is 0 Å². The molecule has 0 heterocycles. The van der Waals surface area contributed by atoms with Crippen LogP contribution in [0.4, 0.5) is 4.39 Å². The van der Waals surface area contributed by atoms with Gasteiger partial charge in [-0.2, -0.15) is 0 Å². The van der Waals surface area contributed by atoms with Crippen molar-refractivity contribution in [1.82, 2.24) is 0 Å². The second-order valence-electron chi connectivity index (χ2n) is 1.13. The zero-order valence-corrected chi connectivity index (χ0v) is 3.74. The highest BCUT2D eigenvalue weighted by atomic mass is 19.1. The summed E-state index contributed by atoms with van der Waals surface area (Å²) in [4.78, 5) is 0. The molecule has 0 atom stereocenters. The Bertz CT molecular complexity index is 28.7. The van der Waals surface area contributed by atoms with Crippen LogP contribution in [0.1, 0.15) is 19.8 Å². The molecule has 0 aliphatic carbocycles. The Morgan fingerprint density at radius 3 is 2.33 bits per heavy atom. The summed E-state index contributed by atoms with van der Waals surface area (Å²) in [6.45, 7) is 1.80. The number of rotatable bonds is 2. The van der Waals surface area contributed by atoms with Gasteiger partial charge in [-0.15, -0.1) is 0 Å². The first-order chi connectivity index (χ1) is 2.77. The zero-order valence-electron chi connectivity index (χ0n) is 3.74. The zero-order chi connectivity index (χ0) is 4.99. The predicted octanol–water partition coefficient (Wildman–Crippen LogP) is 1.62. The average molecular weight is 91.1 g/mol. The molecule has 0 unspecified atom stereocenters. The molecule has 0 amide bonds. The van der Waals surface area contributed by atoms with E-state index in [1.165, 1.54) is 0 Å². The van der Waals surface area contributed by atoms with Crippen molar-refractivity contribution < 1.29 is 9.50 Å². The van der Waals surface area contributed by atoms with Gasteiger partial charge in [-0.3, -0.25) is 0 Å². The first-order valence-corrected chi connectivity index (χ1v) is 1.97. The summed E-state index contributed by atoms with van der Waals surface area (Å²) in [5, 5.41) is 7.80. The Balaban J connectivity index is 2.63. The molecule has 0 bridgehead atoms. The van der Waals surface area contributed by atoms with Gasteiger partial charge in [0.15, 0.2) is 0 Å². The van der Waals surface area contributed by atoms with Crippen LogP contribution in [-0.4, -0.2) is 5.11 Å². The summed E-state index contributed by atoms with van der Waals surface area (Å²) in [5.41, 5.74) is 0. The molecule has 0 aromatic carbocycles. The predicted molar refractivity (Wildman–Crippen MR) is 21.2 cm³/mol. The fourth-order valence-corrected chi connectivity index (χ4v) is 0.206. The van der Waals surface area contributed by atoms with Gasteiger partial charge in [0.05, 0.1) is 0 Å². The summed E-state index contributed by atoms with van der Waals surface area (Å²) in [6, 6.07) is 0. The summed E-state index contributed by atoms with van der Waals surface area (Å²) in [7, 11) is 0. The van der Waals surface area contributed by atoms with Crippen LogP contribution in [0.25, 0.3) is 0 Å². The third kappa shape index (κ3) is 3.89. The van der Waals surface area contributed by atoms with Crippen LogP contribution in [0.3, 0.4) is 0 Å². The Labute approximate surface area is 36.8 Å². The van der Waals surface area contributed by atoms with Gasteiger partial charge in [0.25, 0.3) is 6.36 Å². The van der Waals surface area contributed by atoms with Gasteiger partial charge in [0, 0.05) is 6.42 Å². The lowest BCUT2D eigenvalue weighted by atomic mass is 10.3. The van der Waals surface area contributed by atoms with Crippen LogP contribution in [0.2, 0.25) is 0 Å². The molecular formula is C4H8FO. The van der Waals surface area contributed by atoms with Crippen LogP contribution in [0.5, 0.6) is 0 Å². The minimum absolute atomic E-state index is 0.181. The number of aliphatic hydroxyl groups excluding tert-OH is 1. The van der Waals surface area contributed by atoms with Crippen molar-refractivity contribution in [2.24, 2.45) is 0 Å². The SMILES string of the molecule is CCC[C](O)F. The summed E-state index contributed by atoms with van der Waals surface area (Å²) < 4.78 is 11.2. The van der Waals surface area contributed by atoms with Gasteiger partial charge >= 0.3 is 0 Å². The van der Waals surface area contributed by atoms with E-state index in [-0.39, 0.29) is 6.42 Å². The van der Waals surface area contributed by atoms with E-state index in [4.69, 9.17) is 5.11 Å². The molecule has 1 radical (unpaired) electrons. The van der Waals surface area contributed by atoms with Crippen molar-refractivity contribution in [2.45, 2.75) is 19.8 Å². The fourth-order valence-electron chi connectivity index (χ4n) is 0.206. The molecule has 0 aliphatic heterocycles. The van der Waals surface area contributed by atoms with Crippen LogP contribution in [0.15, 0.2) is 0 Å². The van der Waals surface area contributed by atoms with Gasteiger partial charge in [0.1, 0.15) is 0 Å². The first-order valence-electron chi connectivity index (χ1n) is 1.97. The largest absolute Gasteiger partial charge is 0.357 e. The van der Waals surface area contributed by atoms with Gasteiger partial charge in [-0.1, -0.05) is 13.3 Å². The molecule has 1 N–H and O–H groups in total. The topological polar surface area (TPSA) is 20.2 Å². The van der Waals surface area contributed by atoms with Crippen molar-refractivity contribution in [1.29, 1.82) is 0 Å². The molecule has 2 heteroatoms. The maximum Gasteiger partial charge on any atom is 0.265 e. The number of halogens is 1. The van der Waals surface area contributed by atoms with Crippen LogP contribution in [-0.2, 0) is 0 Å². The minimum atomic E-state index is -0.961. The lowest BCUT2D eigenvalue weighted by Gasteiger charge is -1.88. The molecule has 0 saturated carbocycles. The van der Waals surface area contributed by atoms with E-state index in [2.05, 4.69) is 0 Å². The molecule has 0 rings (SSSR count). The Morgan fingerprint density at radius 1 is 1.83 bits per heavy atom. The van der Waals surface area contributed by atoms with E-state index in [0.717, 1.165) is 0 Å². The Kier molecular flexibility index (Phi) is 3.04. The van der Waals surface area contributed by atoms with Crippen LogP contribution < -0.4 is 0 Å². The van der Waals surface area contributed by atoms with E-state index in [1.54, 1.807) is 6.92 Å². The molecule has 1 nitrogen and oxygen atoms in total. The Hall–Kier alpha value is -0.110. The highest BCUT2D eigenvalue weighted by Gasteiger charge is 1.95. The summed E-state index contributed by atoms with van der Waals surface area (Å²) >= 11 is 0. The molecule has 0 spiro atoms. The third-order valence-corrected chi connectivity index (χ3v) is 0.456. The second-order valence-corrected chi connectivity index (χ2v) is 1.13. The first kappa shape index (κ1) is 5.89. The maximum absolute atomic E-state index is 11.2. The normalized spacial score (nSPS) is 10.0. The maximum atomic E-state index is 11.2. The third-order valence-electron chi connectivity index (χ3n) is 0.456. The van der Waals surface area contributed by atoms with Crippen molar-refractivity contribution in [3.63, 3.8) is 0 Å². The quantitative estimate of drug-likeness (QED) is 0.547. The standard InChI is InChI=1S/C4H8FO/c1-2-3-4(5)6/h6H,2-3H2,1H3. The number of hydrogen-bond acceptors (Lipinski definition) is 1. The fraction of sp³-hybridized carbons (Fsp3) is 0.750. The van der Waals surface area contributed by atoms with Gasteiger partial charge in [0.2, 0.25) is 0 Å². The van der Waals surface area contributed by atoms with Gasteiger partial charge in [-0.25, -0.2) is 4.39 Å². The smallest absolute Gasteiger partial charge is 0.265 e. The minimum Gasteiger partial charge on any atom is -0.357 e. The Morgan fingerprint density at radius 2 is 2.33 bits per heavy atom. The van der Waals surface area contributed by atoms with Crippen LogP contribution in [0, 0.1) is 6.36 Å². The molecule has 0 aromatic heterocycles. The number of hydrogen-bond donors (Lipinski definition) is 1. The molecule has 0 fully saturated rings. The second kappa shape index (κ2) is 3.09. The lowest BCUT2D eigenvalue weighted by molar-refractivity contribution is 0.155. The molecule has 0 aromatic rings. The highest BCUT2D eigenvalue weighted by molar-refractivity contribution is 4.53. The highest BCUT2D eigenvalue weighted by Crippen LogP contribution is 2.02. The van der Waals surface area contributed by atoms with Gasteiger partial charge < -0.3 is 5.11 Å². The molecule has 37 valence electrons.